The SMILES string of the molecule is CCC(N)(C(=O)O)n1cnc2cncnc21. The molecule has 0 spiro atoms. The maximum absolute atomic E-state index is 11.2. The quantitative estimate of drug-likeness (QED) is 0.751. The van der Waals surface area contributed by atoms with Crippen LogP contribution in [0.3, 0.4) is 0 Å². The zero-order chi connectivity index (χ0) is 11.8. The number of imidazole rings is 1. The highest BCUT2D eigenvalue weighted by molar-refractivity contribution is 5.79. The summed E-state index contributed by atoms with van der Waals surface area (Å²) in [6.07, 6.45) is 4.45. The predicted octanol–water partition coefficient (Wildman–Crippen LogP) is -0.0676. The van der Waals surface area contributed by atoms with Crippen molar-refractivity contribution >= 4 is 17.1 Å². The van der Waals surface area contributed by atoms with Crippen molar-refractivity contribution in [1.29, 1.82) is 0 Å². The molecule has 1 unspecified atom stereocenters. The van der Waals surface area contributed by atoms with Crippen LogP contribution in [0.5, 0.6) is 0 Å². The van der Waals surface area contributed by atoms with Crippen LogP contribution in [0.4, 0.5) is 0 Å². The van der Waals surface area contributed by atoms with Crippen LogP contribution < -0.4 is 5.73 Å². The van der Waals surface area contributed by atoms with Gasteiger partial charge in [-0.05, 0) is 6.42 Å². The summed E-state index contributed by atoms with van der Waals surface area (Å²) >= 11 is 0. The van der Waals surface area contributed by atoms with E-state index in [-0.39, 0.29) is 6.42 Å². The van der Waals surface area contributed by atoms with E-state index < -0.39 is 11.6 Å². The number of nitrogens with two attached hydrogens (primary N) is 1. The molecule has 2 aromatic rings. The average molecular weight is 221 g/mol. The number of nitrogens with zero attached hydrogens (tertiary/aromatic N) is 4. The maximum Gasteiger partial charge on any atom is 0.345 e. The molecule has 16 heavy (non-hydrogen) atoms. The molecule has 0 radical (unpaired) electrons. The van der Waals surface area contributed by atoms with Crippen molar-refractivity contribution in [2.75, 3.05) is 0 Å². The summed E-state index contributed by atoms with van der Waals surface area (Å²) < 4.78 is 1.35. The van der Waals surface area contributed by atoms with E-state index in [1.807, 2.05) is 0 Å². The molecule has 2 rings (SSSR count). The van der Waals surface area contributed by atoms with Gasteiger partial charge in [-0.1, -0.05) is 6.92 Å². The first kappa shape index (κ1) is 10.5. The third-order valence-electron chi connectivity index (χ3n) is 2.55. The maximum atomic E-state index is 11.2. The van der Waals surface area contributed by atoms with E-state index in [0.29, 0.717) is 11.2 Å². The highest BCUT2D eigenvalue weighted by atomic mass is 16.4. The Bertz CT molecular complexity index is 537. The number of aromatic nitrogens is 4. The van der Waals surface area contributed by atoms with E-state index in [4.69, 9.17) is 10.8 Å². The minimum Gasteiger partial charge on any atom is -0.478 e. The van der Waals surface area contributed by atoms with Crippen LogP contribution in [0.15, 0.2) is 18.9 Å². The highest BCUT2D eigenvalue weighted by Gasteiger charge is 2.35. The lowest BCUT2D eigenvalue weighted by molar-refractivity contribution is -0.147. The molecule has 0 aliphatic rings. The Labute approximate surface area is 90.9 Å². The second kappa shape index (κ2) is 3.53. The lowest BCUT2D eigenvalue weighted by atomic mass is 10.1. The van der Waals surface area contributed by atoms with Gasteiger partial charge in [0.05, 0.1) is 12.5 Å². The van der Waals surface area contributed by atoms with Crippen LogP contribution in [0.2, 0.25) is 0 Å². The van der Waals surface area contributed by atoms with Crippen LogP contribution in [-0.2, 0) is 10.5 Å². The lowest BCUT2D eigenvalue weighted by Gasteiger charge is -2.24. The summed E-state index contributed by atoms with van der Waals surface area (Å²) in [7, 11) is 0. The van der Waals surface area contributed by atoms with Crippen molar-refractivity contribution in [2.24, 2.45) is 5.73 Å². The fourth-order valence-corrected chi connectivity index (χ4v) is 1.48. The molecule has 0 saturated heterocycles. The number of aliphatic carboxylic acids is 1. The van der Waals surface area contributed by atoms with Gasteiger partial charge in [-0.3, -0.25) is 10.3 Å². The number of rotatable bonds is 3. The van der Waals surface area contributed by atoms with E-state index in [1.54, 1.807) is 6.92 Å². The van der Waals surface area contributed by atoms with Crippen LogP contribution in [0, 0.1) is 0 Å². The first-order chi connectivity index (χ1) is 7.59. The molecule has 0 aliphatic carbocycles. The standard InChI is InChI=1S/C9H11N5O2/c1-2-9(10,8(15)16)14-5-13-6-3-11-4-12-7(6)14/h3-5H,2,10H2,1H3,(H,15,16). The van der Waals surface area contributed by atoms with Crippen LogP contribution in [-0.4, -0.2) is 30.6 Å². The molecule has 0 aromatic carbocycles. The smallest absolute Gasteiger partial charge is 0.345 e. The van der Waals surface area contributed by atoms with Gasteiger partial charge in [0.25, 0.3) is 0 Å². The summed E-state index contributed by atoms with van der Waals surface area (Å²) in [6, 6.07) is 0. The van der Waals surface area contributed by atoms with E-state index in [0.717, 1.165) is 0 Å². The molecule has 2 heterocycles. The Morgan fingerprint density at radius 1 is 1.62 bits per heavy atom. The Kier molecular flexibility index (Phi) is 2.31. The fraction of sp³-hybridized carbons (Fsp3) is 0.333. The molecule has 7 nitrogen and oxygen atoms in total. The van der Waals surface area contributed by atoms with E-state index in [2.05, 4.69) is 15.0 Å². The topological polar surface area (TPSA) is 107 Å². The molecule has 1 atom stereocenters. The Morgan fingerprint density at radius 2 is 2.38 bits per heavy atom. The minimum atomic E-state index is -1.52. The van der Waals surface area contributed by atoms with Gasteiger partial charge < -0.3 is 5.11 Å². The summed E-state index contributed by atoms with van der Waals surface area (Å²) in [5.74, 6) is -1.12. The van der Waals surface area contributed by atoms with Crippen LogP contribution in [0.1, 0.15) is 13.3 Å². The number of carboxylic acids is 1. The van der Waals surface area contributed by atoms with Gasteiger partial charge in [0.2, 0.25) is 0 Å². The number of carbonyl (C=O) groups is 1. The van der Waals surface area contributed by atoms with E-state index in [1.165, 1.54) is 23.4 Å². The van der Waals surface area contributed by atoms with Gasteiger partial charge in [0, 0.05) is 0 Å². The van der Waals surface area contributed by atoms with Gasteiger partial charge in [0.1, 0.15) is 11.8 Å². The molecule has 0 bridgehead atoms. The largest absolute Gasteiger partial charge is 0.478 e. The van der Waals surface area contributed by atoms with Gasteiger partial charge in [-0.2, -0.15) is 0 Å². The van der Waals surface area contributed by atoms with E-state index in [9.17, 15) is 4.79 Å². The second-order valence-corrected chi connectivity index (χ2v) is 3.43. The minimum absolute atomic E-state index is 0.234. The summed E-state index contributed by atoms with van der Waals surface area (Å²) in [5.41, 5.74) is 5.25. The monoisotopic (exact) mass is 221 g/mol. The van der Waals surface area contributed by atoms with Crippen molar-refractivity contribution < 1.29 is 9.90 Å². The molecule has 84 valence electrons. The van der Waals surface area contributed by atoms with Gasteiger partial charge in [-0.15, -0.1) is 0 Å². The van der Waals surface area contributed by atoms with Gasteiger partial charge >= 0.3 is 5.97 Å². The van der Waals surface area contributed by atoms with Crippen molar-refractivity contribution in [3.05, 3.63) is 18.9 Å². The first-order valence-corrected chi connectivity index (χ1v) is 4.75. The molecular weight excluding hydrogens is 210 g/mol. The molecular formula is C9H11N5O2. The molecule has 3 N–H and O–H groups in total. The Balaban J connectivity index is 2.67. The predicted molar refractivity (Wildman–Crippen MR) is 55.4 cm³/mol. The number of hydrogen-bond donors (Lipinski definition) is 2. The van der Waals surface area contributed by atoms with Gasteiger partial charge in [0.15, 0.2) is 11.3 Å². The van der Waals surface area contributed by atoms with Crippen LogP contribution >= 0.6 is 0 Å². The molecule has 7 heteroatoms. The lowest BCUT2D eigenvalue weighted by Crippen LogP contribution is -2.49. The molecule has 2 aromatic heterocycles. The number of fused-ring (bicyclic) bond motifs is 1. The molecule has 0 aliphatic heterocycles. The van der Waals surface area contributed by atoms with Crippen LogP contribution in [0.25, 0.3) is 11.2 Å². The highest BCUT2D eigenvalue weighted by Crippen LogP contribution is 2.19. The summed E-state index contributed by atoms with van der Waals surface area (Å²) in [4.78, 5) is 23.0. The van der Waals surface area contributed by atoms with Crippen molar-refractivity contribution in [2.45, 2.75) is 19.0 Å². The van der Waals surface area contributed by atoms with Crippen molar-refractivity contribution in [3.63, 3.8) is 0 Å². The summed E-state index contributed by atoms with van der Waals surface area (Å²) in [6.45, 7) is 1.70. The molecule has 0 fully saturated rings. The van der Waals surface area contributed by atoms with Crippen molar-refractivity contribution in [3.8, 4) is 0 Å². The number of carboxylic acid groups (broad SMARTS) is 1. The average Bonchev–Trinajstić information content (AvgIpc) is 2.72. The molecule has 0 amide bonds. The zero-order valence-electron chi connectivity index (χ0n) is 8.66. The number of hydrogen-bond acceptors (Lipinski definition) is 5. The first-order valence-electron chi connectivity index (χ1n) is 4.75. The van der Waals surface area contributed by atoms with Crippen molar-refractivity contribution in [1.82, 2.24) is 19.5 Å². The van der Waals surface area contributed by atoms with E-state index >= 15 is 0 Å². The normalized spacial score (nSPS) is 14.9. The Morgan fingerprint density at radius 3 is 3.00 bits per heavy atom. The third kappa shape index (κ3) is 1.33. The Hall–Kier alpha value is -2.02. The van der Waals surface area contributed by atoms with Gasteiger partial charge in [-0.25, -0.2) is 19.7 Å². The molecule has 0 saturated carbocycles. The second-order valence-electron chi connectivity index (χ2n) is 3.43. The summed E-state index contributed by atoms with van der Waals surface area (Å²) in [5, 5.41) is 9.15. The third-order valence-corrected chi connectivity index (χ3v) is 2.55. The zero-order valence-corrected chi connectivity index (χ0v) is 8.66. The fourth-order valence-electron chi connectivity index (χ4n) is 1.48.